The fourth-order valence-electron chi connectivity index (χ4n) is 2.96. The highest BCUT2D eigenvalue weighted by atomic mass is 16.5. The molecule has 1 aliphatic heterocycles. The molecule has 26 heavy (non-hydrogen) atoms. The average Bonchev–Trinajstić information content (AvgIpc) is 2.64. The third-order valence-corrected chi connectivity index (χ3v) is 4.33. The lowest BCUT2D eigenvalue weighted by atomic mass is 10.1. The summed E-state index contributed by atoms with van der Waals surface area (Å²) >= 11 is 0. The van der Waals surface area contributed by atoms with Crippen molar-refractivity contribution in [3.8, 4) is 11.5 Å². The van der Waals surface area contributed by atoms with E-state index in [-0.39, 0.29) is 11.7 Å². The van der Waals surface area contributed by atoms with Gasteiger partial charge < -0.3 is 20.1 Å². The Morgan fingerprint density at radius 2 is 2.04 bits per heavy atom. The first-order chi connectivity index (χ1) is 12.6. The van der Waals surface area contributed by atoms with Gasteiger partial charge in [-0.15, -0.1) is 0 Å². The number of nitrogen functional groups attached to an aromatic ring is 1. The Kier molecular flexibility index (Phi) is 5.46. The van der Waals surface area contributed by atoms with Crippen molar-refractivity contribution in [1.29, 1.82) is 0 Å². The monoisotopic (exact) mass is 352 g/mol. The largest absolute Gasteiger partial charge is 0.497 e. The Hall–Kier alpha value is -2.95. The van der Waals surface area contributed by atoms with Gasteiger partial charge in [-0.05, 0) is 42.3 Å². The van der Waals surface area contributed by atoms with E-state index in [1.165, 1.54) is 0 Å². The van der Waals surface area contributed by atoms with Crippen LogP contribution in [0.5, 0.6) is 11.5 Å². The van der Waals surface area contributed by atoms with Crippen molar-refractivity contribution < 1.29 is 14.3 Å². The molecule has 2 aromatic carbocycles. The Labute approximate surface area is 154 Å². The molecule has 0 bridgehead atoms. The van der Waals surface area contributed by atoms with Crippen molar-refractivity contribution in [3.05, 3.63) is 53.8 Å². The molecule has 2 aromatic rings. The molecule has 2 N–H and O–H groups in total. The molecule has 0 aromatic heterocycles. The lowest BCUT2D eigenvalue weighted by molar-refractivity contribution is -0.117. The summed E-state index contributed by atoms with van der Waals surface area (Å²) < 4.78 is 11.1. The summed E-state index contributed by atoms with van der Waals surface area (Å²) in [5.41, 5.74) is 8.11. The minimum Gasteiger partial charge on any atom is -0.497 e. The van der Waals surface area contributed by atoms with Crippen LogP contribution in [-0.2, 0) is 4.79 Å². The van der Waals surface area contributed by atoms with E-state index in [0.717, 1.165) is 36.3 Å². The summed E-state index contributed by atoms with van der Waals surface area (Å²) in [4.78, 5) is 14.8. The molecule has 5 nitrogen and oxygen atoms in total. The number of benzene rings is 2. The number of fused-ring (bicyclic) bond motifs is 1. The molecule has 0 radical (unpaired) electrons. The van der Waals surface area contributed by atoms with Gasteiger partial charge >= 0.3 is 0 Å². The molecule has 0 atom stereocenters. The van der Waals surface area contributed by atoms with Crippen LogP contribution in [0.1, 0.15) is 31.7 Å². The zero-order chi connectivity index (χ0) is 18.5. The maximum atomic E-state index is 13.0. The summed E-state index contributed by atoms with van der Waals surface area (Å²) in [5, 5.41) is 0. The predicted molar refractivity (Wildman–Crippen MR) is 104 cm³/mol. The number of unbranched alkanes of at least 4 members (excludes halogenated alkanes) is 2. The van der Waals surface area contributed by atoms with Crippen molar-refractivity contribution in [2.75, 3.05) is 24.3 Å². The third kappa shape index (κ3) is 3.82. The van der Waals surface area contributed by atoms with Crippen LogP contribution in [0.25, 0.3) is 6.08 Å². The van der Waals surface area contributed by atoms with Crippen LogP contribution >= 0.6 is 0 Å². The van der Waals surface area contributed by atoms with Gasteiger partial charge in [0.25, 0.3) is 5.91 Å². The Balaban J connectivity index is 1.96. The first-order valence-electron chi connectivity index (χ1n) is 8.87. The van der Waals surface area contributed by atoms with E-state index in [1.807, 2.05) is 30.3 Å². The molecule has 0 spiro atoms. The lowest BCUT2D eigenvalue weighted by Gasteiger charge is -2.30. The van der Waals surface area contributed by atoms with Crippen LogP contribution in [0, 0.1) is 0 Å². The van der Waals surface area contributed by atoms with Gasteiger partial charge in [-0.3, -0.25) is 4.79 Å². The smallest absolute Gasteiger partial charge is 0.294 e. The number of hydrogen-bond donors (Lipinski definition) is 1. The Bertz CT molecular complexity index is 830. The van der Waals surface area contributed by atoms with E-state index < -0.39 is 0 Å². The van der Waals surface area contributed by atoms with Gasteiger partial charge in [-0.2, -0.15) is 0 Å². The zero-order valence-corrected chi connectivity index (χ0v) is 15.2. The van der Waals surface area contributed by atoms with Crippen molar-refractivity contribution in [1.82, 2.24) is 0 Å². The third-order valence-electron chi connectivity index (χ3n) is 4.33. The molecule has 5 heteroatoms. The molecular formula is C21H24N2O3. The van der Waals surface area contributed by atoms with Gasteiger partial charge in [0.05, 0.1) is 12.8 Å². The van der Waals surface area contributed by atoms with E-state index in [2.05, 4.69) is 6.92 Å². The van der Waals surface area contributed by atoms with Crippen molar-refractivity contribution in [2.45, 2.75) is 26.2 Å². The van der Waals surface area contributed by atoms with Crippen LogP contribution < -0.4 is 20.1 Å². The van der Waals surface area contributed by atoms with Gasteiger partial charge in [-0.1, -0.05) is 31.9 Å². The maximum Gasteiger partial charge on any atom is 0.294 e. The number of nitrogens with two attached hydrogens (primary N) is 1. The summed E-state index contributed by atoms with van der Waals surface area (Å²) in [6.45, 7) is 2.80. The number of carbonyl (C=O) groups is 1. The standard InChI is InChI=1S/C21H24N2O3/c1-3-4-5-11-23-18-10-9-16(22)14-19(18)26-20(21(23)24)13-15-7-6-8-17(12-15)25-2/h6-10,12-14H,3-5,11,22H2,1-2H3/b20-13+. The highest BCUT2D eigenvalue weighted by Gasteiger charge is 2.30. The van der Waals surface area contributed by atoms with E-state index in [1.54, 1.807) is 30.2 Å². The minimum atomic E-state index is -0.138. The minimum absolute atomic E-state index is 0.138. The molecule has 136 valence electrons. The topological polar surface area (TPSA) is 64.8 Å². The quantitative estimate of drug-likeness (QED) is 0.480. The second-order valence-electron chi connectivity index (χ2n) is 6.28. The molecule has 0 saturated heterocycles. The van der Waals surface area contributed by atoms with Gasteiger partial charge in [-0.25, -0.2) is 0 Å². The Morgan fingerprint density at radius 1 is 1.19 bits per heavy atom. The predicted octanol–water partition coefficient (Wildman–Crippen LogP) is 4.23. The number of nitrogens with zero attached hydrogens (tertiary/aromatic N) is 1. The van der Waals surface area contributed by atoms with Gasteiger partial charge in [0.15, 0.2) is 11.5 Å². The fourth-order valence-corrected chi connectivity index (χ4v) is 2.96. The molecule has 0 saturated carbocycles. The van der Waals surface area contributed by atoms with Crippen LogP contribution in [-0.4, -0.2) is 19.6 Å². The number of carbonyl (C=O) groups excluding carboxylic acids is 1. The maximum absolute atomic E-state index is 13.0. The van der Waals surface area contributed by atoms with E-state index in [0.29, 0.717) is 18.0 Å². The average molecular weight is 352 g/mol. The molecule has 1 aliphatic rings. The number of anilines is 2. The summed E-state index contributed by atoms with van der Waals surface area (Å²) in [7, 11) is 1.61. The second kappa shape index (κ2) is 7.95. The summed E-state index contributed by atoms with van der Waals surface area (Å²) in [6, 6.07) is 12.9. The van der Waals surface area contributed by atoms with Crippen LogP contribution in [0.2, 0.25) is 0 Å². The number of rotatable bonds is 6. The molecule has 1 amide bonds. The van der Waals surface area contributed by atoms with Crippen LogP contribution in [0.4, 0.5) is 11.4 Å². The molecule has 0 aliphatic carbocycles. The van der Waals surface area contributed by atoms with E-state index in [4.69, 9.17) is 15.2 Å². The van der Waals surface area contributed by atoms with Crippen molar-refractivity contribution in [2.24, 2.45) is 0 Å². The summed E-state index contributed by atoms with van der Waals surface area (Å²) in [6.07, 6.45) is 4.85. The van der Waals surface area contributed by atoms with E-state index >= 15 is 0 Å². The molecule has 1 heterocycles. The molecule has 0 unspecified atom stereocenters. The molecular weight excluding hydrogens is 328 g/mol. The fraction of sp³-hybridized carbons (Fsp3) is 0.286. The highest BCUT2D eigenvalue weighted by molar-refractivity contribution is 6.10. The van der Waals surface area contributed by atoms with Gasteiger partial charge in [0.2, 0.25) is 0 Å². The van der Waals surface area contributed by atoms with Crippen molar-refractivity contribution >= 4 is 23.4 Å². The number of hydrogen-bond acceptors (Lipinski definition) is 4. The second-order valence-corrected chi connectivity index (χ2v) is 6.28. The number of methoxy groups -OCH3 is 1. The van der Waals surface area contributed by atoms with Crippen molar-refractivity contribution in [3.63, 3.8) is 0 Å². The first kappa shape index (κ1) is 17.9. The van der Waals surface area contributed by atoms with Gasteiger partial charge in [0.1, 0.15) is 5.75 Å². The summed E-state index contributed by atoms with van der Waals surface area (Å²) in [5.74, 6) is 1.48. The van der Waals surface area contributed by atoms with Crippen LogP contribution in [0.15, 0.2) is 48.2 Å². The molecule has 0 fully saturated rings. The Morgan fingerprint density at radius 3 is 2.81 bits per heavy atom. The van der Waals surface area contributed by atoms with Gasteiger partial charge in [0, 0.05) is 18.3 Å². The number of amides is 1. The number of ether oxygens (including phenoxy) is 2. The molecule has 3 rings (SSSR count). The normalized spacial score (nSPS) is 14.9. The first-order valence-corrected chi connectivity index (χ1v) is 8.87. The highest BCUT2D eigenvalue weighted by Crippen LogP contribution is 2.37. The SMILES string of the molecule is CCCCCN1C(=O)/C(=C\c2cccc(OC)c2)Oc2cc(N)ccc21. The van der Waals surface area contributed by atoms with Crippen LogP contribution in [0.3, 0.4) is 0 Å². The zero-order valence-electron chi connectivity index (χ0n) is 15.2. The lowest BCUT2D eigenvalue weighted by Crippen LogP contribution is -2.38. The van der Waals surface area contributed by atoms with E-state index in [9.17, 15) is 4.79 Å².